The Morgan fingerprint density at radius 3 is 2.54 bits per heavy atom. The maximum absolute atomic E-state index is 13.3. The van der Waals surface area contributed by atoms with Gasteiger partial charge in [-0.15, -0.1) is 0 Å². The van der Waals surface area contributed by atoms with Crippen molar-refractivity contribution in [2.24, 2.45) is 0 Å². The normalized spacial score (nSPS) is 11.0. The largest absolute Gasteiger partial charge is 0.466 e. The van der Waals surface area contributed by atoms with Gasteiger partial charge in [-0.3, -0.25) is 0 Å². The van der Waals surface area contributed by atoms with Crippen molar-refractivity contribution < 1.29 is 18.0 Å². The van der Waals surface area contributed by atoms with Crippen LogP contribution in [-0.2, 0) is 13.1 Å². The van der Waals surface area contributed by atoms with Gasteiger partial charge in [-0.25, -0.2) is 9.18 Å². The van der Waals surface area contributed by atoms with Gasteiger partial charge in [-0.05, 0) is 45.0 Å². The smallest absolute Gasteiger partial charge is 0.315 e. The highest BCUT2D eigenvalue weighted by molar-refractivity contribution is 5.82. The average Bonchev–Trinajstić information content (AvgIpc) is 3.02. The van der Waals surface area contributed by atoms with Gasteiger partial charge >= 0.3 is 6.03 Å². The molecule has 0 radical (unpaired) electrons. The summed E-state index contributed by atoms with van der Waals surface area (Å²) in [5, 5.41) is 6.24. The number of hydrogen-bond acceptors (Lipinski definition) is 3. The van der Waals surface area contributed by atoms with Crippen molar-refractivity contribution in [2.75, 3.05) is 0 Å². The number of rotatable bonds is 4. The van der Waals surface area contributed by atoms with Crippen molar-refractivity contribution in [3.63, 3.8) is 0 Å². The fourth-order valence-corrected chi connectivity index (χ4v) is 2.67. The van der Waals surface area contributed by atoms with Crippen LogP contribution in [0.1, 0.15) is 28.4 Å². The summed E-state index contributed by atoms with van der Waals surface area (Å²) in [6, 6.07) is 5.96. The van der Waals surface area contributed by atoms with Crippen molar-refractivity contribution in [1.29, 1.82) is 0 Å². The summed E-state index contributed by atoms with van der Waals surface area (Å²) >= 11 is 0. The van der Waals surface area contributed by atoms with Crippen LogP contribution in [0, 0.1) is 26.6 Å². The molecule has 2 heterocycles. The molecule has 0 saturated carbocycles. The molecule has 0 saturated heterocycles. The number of hydrogen-bond donors (Lipinski definition) is 2. The van der Waals surface area contributed by atoms with Crippen LogP contribution < -0.4 is 10.6 Å². The third kappa shape index (κ3) is 3.27. The molecule has 0 fully saturated rings. The lowest BCUT2D eigenvalue weighted by atomic mass is 10.1. The molecule has 2 amide bonds. The summed E-state index contributed by atoms with van der Waals surface area (Å²) in [5.74, 6) is 1.91. The minimum Gasteiger partial charge on any atom is -0.466 e. The Balaban J connectivity index is 1.60. The summed E-state index contributed by atoms with van der Waals surface area (Å²) in [6.07, 6.45) is 0. The van der Waals surface area contributed by atoms with E-state index < -0.39 is 0 Å². The van der Waals surface area contributed by atoms with E-state index in [0.29, 0.717) is 17.9 Å². The number of furan rings is 2. The predicted octanol–water partition coefficient (Wildman–Crippen LogP) is 4.09. The van der Waals surface area contributed by atoms with Gasteiger partial charge in [0.2, 0.25) is 0 Å². The van der Waals surface area contributed by atoms with Gasteiger partial charge in [-0.1, -0.05) is 0 Å². The Labute approximate surface area is 138 Å². The van der Waals surface area contributed by atoms with E-state index in [9.17, 15) is 9.18 Å². The van der Waals surface area contributed by atoms with Gasteiger partial charge < -0.3 is 19.5 Å². The van der Waals surface area contributed by atoms with Crippen molar-refractivity contribution in [3.05, 3.63) is 58.5 Å². The molecular formula is C18H19FN2O3. The molecule has 3 aromatic rings. The van der Waals surface area contributed by atoms with Crippen molar-refractivity contribution >= 4 is 17.0 Å². The van der Waals surface area contributed by atoms with Crippen LogP contribution in [0.3, 0.4) is 0 Å². The zero-order chi connectivity index (χ0) is 17.3. The van der Waals surface area contributed by atoms with Gasteiger partial charge in [-0.2, -0.15) is 0 Å². The van der Waals surface area contributed by atoms with E-state index in [1.54, 1.807) is 6.07 Å². The molecule has 0 aliphatic carbocycles. The number of carbonyl (C=O) groups excluding carboxylic acids is 1. The standard InChI is InChI=1S/C18H19FN2O3/c1-10-6-13(12(3)23-10)8-20-18(22)21-9-17-11(2)15-7-14(19)4-5-16(15)24-17/h4-7H,8-9H2,1-3H3,(H2,20,21,22). The maximum Gasteiger partial charge on any atom is 0.315 e. The van der Waals surface area contributed by atoms with Gasteiger partial charge in [0.05, 0.1) is 6.54 Å². The van der Waals surface area contributed by atoms with E-state index >= 15 is 0 Å². The molecule has 126 valence electrons. The van der Waals surface area contributed by atoms with E-state index in [4.69, 9.17) is 8.83 Å². The Morgan fingerprint density at radius 2 is 1.83 bits per heavy atom. The molecule has 0 spiro atoms. The molecule has 6 heteroatoms. The number of amides is 2. The second-order valence-electron chi connectivity index (χ2n) is 5.77. The summed E-state index contributed by atoms with van der Waals surface area (Å²) in [7, 11) is 0. The minimum absolute atomic E-state index is 0.233. The van der Waals surface area contributed by atoms with Crippen LogP contribution in [0.2, 0.25) is 0 Å². The lowest BCUT2D eigenvalue weighted by molar-refractivity contribution is 0.239. The Kier molecular flexibility index (Phi) is 4.29. The molecule has 0 aliphatic rings. The molecule has 2 N–H and O–H groups in total. The third-order valence-electron chi connectivity index (χ3n) is 3.99. The van der Waals surface area contributed by atoms with Crippen molar-refractivity contribution in [2.45, 2.75) is 33.9 Å². The number of carbonyl (C=O) groups is 1. The average molecular weight is 330 g/mol. The third-order valence-corrected chi connectivity index (χ3v) is 3.99. The summed E-state index contributed by atoms with van der Waals surface area (Å²) in [6.45, 7) is 6.19. The Morgan fingerprint density at radius 1 is 1.08 bits per heavy atom. The predicted molar refractivity (Wildman–Crippen MR) is 88.2 cm³/mol. The lowest BCUT2D eigenvalue weighted by Gasteiger charge is -2.06. The van der Waals surface area contributed by atoms with Crippen LogP contribution in [0.25, 0.3) is 11.0 Å². The van der Waals surface area contributed by atoms with Crippen LogP contribution >= 0.6 is 0 Å². The first-order chi connectivity index (χ1) is 11.4. The maximum atomic E-state index is 13.3. The Hall–Kier alpha value is -2.76. The monoisotopic (exact) mass is 330 g/mol. The molecule has 5 nitrogen and oxygen atoms in total. The summed E-state index contributed by atoms with van der Waals surface area (Å²) in [4.78, 5) is 11.9. The van der Waals surface area contributed by atoms with Crippen LogP contribution in [0.5, 0.6) is 0 Å². The molecule has 1 aromatic carbocycles. The molecular weight excluding hydrogens is 311 g/mol. The SMILES string of the molecule is Cc1cc(CNC(=O)NCc2oc3ccc(F)cc3c2C)c(C)o1. The first-order valence-corrected chi connectivity index (χ1v) is 7.69. The van der Waals surface area contributed by atoms with Crippen molar-refractivity contribution in [3.8, 4) is 0 Å². The van der Waals surface area contributed by atoms with E-state index in [2.05, 4.69) is 10.6 Å². The van der Waals surface area contributed by atoms with Gasteiger partial charge in [0.15, 0.2) is 0 Å². The minimum atomic E-state index is -0.311. The highest BCUT2D eigenvalue weighted by Crippen LogP contribution is 2.25. The summed E-state index contributed by atoms with van der Waals surface area (Å²) < 4.78 is 24.4. The number of fused-ring (bicyclic) bond motifs is 1. The number of halogens is 1. The van der Waals surface area contributed by atoms with Gasteiger partial charge in [0.25, 0.3) is 0 Å². The molecule has 3 rings (SSSR count). The molecule has 0 atom stereocenters. The highest BCUT2D eigenvalue weighted by Gasteiger charge is 2.12. The zero-order valence-electron chi connectivity index (χ0n) is 13.8. The second kappa shape index (κ2) is 6.39. The fraction of sp³-hybridized carbons (Fsp3) is 0.278. The molecule has 24 heavy (non-hydrogen) atoms. The highest BCUT2D eigenvalue weighted by atomic mass is 19.1. The first kappa shape index (κ1) is 16.1. The molecule has 0 aliphatic heterocycles. The lowest BCUT2D eigenvalue weighted by Crippen LogP contribution is -2.34. The van der Waals surface area contributed by atoms with Crippen LogP contribution in [0.4, 0.5) is 9.18 Å². The van der Waals surface area contributed by atoms with Gasteiger partial charge in [0, 0.05) is 23.1 Å². The molecule has 2 aromatic heterocycles. The van der Waals surface area contributed by atoms with Crippen LogP contribution in [-0.4, -0.2) is 6.03 Å². The van der Waals surface area contributed by atoms with E-state index in [1.807, 2.05) is 26.8 Å². The molecule has 0 unspecified atom stereocenters. The van der Waals surface area contributed by atoms with E-state index in [-0.39, 0.29) is 18.4 Å². The second-order valence-corrected chi connectivity index (χ2v) is 5.77. The fourth-order valence-electron chi connectivity index (χ4n) is 2.67. The van der Waals surface area contributed by atoms with Crippen molar-refractivity contribution in [1.82, 2.24) is 10.6 Å². The first-order valence-electron chi connectivity index (χ1n) is 7.69. The molecule has 0 bridgehead atoms. The van der Waals surface area contributed by atoms with Gasteiger partial charge in [0.1, 0.15) is 28.7 Å². The van der Waals surface area contributed by atoms with Crippen LogP contribution in [0.15, 0.2) is 33.1 Å². The van der Waals surface area contributed by atoms with E-state index in [0.717, 1.165) is 28.0 Å². The number of nitrogens with one attached hydrogen (secondary N) is 2. The number of urea groups is 1. The summed E-state index contributed by atoms with van der Waals surface area (Å²) in [5.41, 5.74) is 2.37. The quantitative estimate of drug-likeness (QED) is 0.757. The van der Waals surface area contributed by atoms with E-state index in [1.165, 1.54) is 12.1 Å². The Bertz CT molecular complexity index is 895. The number of aryl methyl sites for hydroxylation is 3. The number of benzene rings is 1. The topological polar surface area (TPSA) is 67.4 Å². The zero-order valence-corrected chi connectivity index (χ0v) is 13.8.